The highest BCUT2D eigenvalue weighted by molar-refractivity contribution is 5.69. The standard InChI is InChI=1S/C49H80O2/c1-8-10-11-12-13-14-15-16-17-18-19-20-21-22-23-24-25-26-47(50)51-42-33-35-48(6)41(37-42)29-30-43-45-32-31-44(49(45,7)36-34-46(43)48)39(5)27-28-40(9-2)38(3)4/h13-14,16-17,19-20,22-23,29,38-40,42-46H,8-12,15,18,21,24-28,30-37H2,1-7H3/b14-13-,17-16-,20-19-,23-22-. The van der Waals surface area contributed by atoms with Gasteiger partial charge in [-0.25, -0.2) is 0 Å². The minimum atomic E-state index is 0.00646. The topological polar surface area (TPSA) is 26.3 Å². The number of rotatable bonds is 21. The van der Waals surface area contributed by atoms with Gasteiger partial charge in [-0.2, -0.15) is 0 Å². The molecule has 0 saturated heterocycles. The van der Waals surface area contributed by atoms with Gasteiger partial charge in [-0.3, -0.25) is 4.79 Å². The molecule has 3 saturated carbocycles. The molecule has 0 N–H and O–H groups in total. The van der Waals surface area contributed by atoms with Crippen molar-refractivity contribution in [3.63, 3.8) is 0 Å². The van der Waals surface area contributed by atoms with E-state index in [0.29, 0.717) is 17.3 Å². The first-order valence-electron chi connectivity index (χ1n) is 22.1. The predicted octanol–water partition coefficient (Wildman–Crippen LogP) is 14.7. The van der Waals surface area contributed by atoms with Crippen LogP contribution in [0.15, 0.2) is 60.3 Å². The molecule has 0 bridgehead atoms. The van der Waals surface area contributed by atoms with Crippen molar-refractivity contribution in [3.8, 4) is 0 Å². The number of hydrogen-bond acceptors (Lipinski definition) is 2. The Morgan fingerprint density at radius 1 is 0.804 bits per heavy atom. The van der Waals surface area contributed by atoms with Crippen LogP contribution in [0.3, 0.4) is 0 Å². The molecule has 0 aliphatic heterocycles. The van der Waals surface area contributed by atoms with Crippen LogP contribution in [0.5, 0.6) is 0 Å². The number of hydrogen-bond donors (Lipinski definition) is 0. The highest BCUT2D eigenvalue weighted by atomic mass is 16.5. The smallest absolute Gasteiger partial charge is 0.306 e. The summed E-state index contributed by atoms with van der Waals surface area (Å²) in [5.74, 6) is 6.03. The summed E-state index contributed by atoms with van der Waals surface area (Å²) in [5.41, 5.74) is 2.46. The van der Waals surface area contributed by atoms with Crippen LogP contribution in [0.1, 0.15) is 183 Å². The summed E-state index contributed by atoms with van der Waals surface area (Å²) in [6, 6.07) is 0. The minimum Gasteiger partial charge on any atom is -0.462 e. The van der Waals surface area contributed by atoms with Crippen molar-refractivity contribution < 1.29 is 9.53 Å². The molecule has 9 unspecified atom stereocenters. The lowest BCUT2D eigenvalue weighted by molar-refractivity contribution is -0.151. The lowest BCUT2D eigenvalue weighted by Crippen LogP contribution is -2.51. The van der Waals surface area contributed by atoms with Gasteiger partial charge in [-0.1, -0.05) is 134 Å². The molecule has 2 heteroatoms. The minimum absolute atomic E-state index is 0.00646. The van der Waals surface area contributed by atoms with Crippen LogP contribution in [0.2, 0.25) is 0 Å². The lowest BCUT2D eigenvalue weighted by Gasteiger charge is -2.58. The van der Waals surface area contributed by atoms with E-state index in [-0.39, 0.29) is 12.1 Å². The van der Waals surface area contributed by atoms with Crippen molar-refractivity contribution in [2.75, 3.05) is 0 Å². The molecule has 0 aromatic heterocycles. The largest absolute Gasteiger partial charge is 0.462 e. The van der Waals surface area contributed by atoms with Gasteiger partial charge in [0.25, 0.3) is 0 Å². The molecule has 51 heavy (non-hydrogen) atoms. The van der Waals surface area contributed by atoms with Crippen LogP contribution in [-0.2, 0) is 9.53 Å². The van der Waals surface area contributed by atoms with Crippen molar-refractivity contribution in [1.29, 1.82) is 0 Å². The van der Waals surface area contributed by atoms with Crippen LogP contribution >= 0.6 is 0 Å². The molecule has 0 aromatic carbocycles. The van der Waals surface area contributed by atoms with Crippen molar-refractivity contribution >= 4 is 5.97 Å². The summed E-state index contributed by atoms with van der Waals surface area (Å²) in [4.78, 5) is 12.8. The molecule has 4 rings (SSSR count). The third-order valence-corrected chi connectivity index (χ3v) is 14.8. The normalized spacial score (nSPS) is 32.1. The molecular formula is C49H80O2. The number of esters is 1. The zero-order chi connectivity index (χ0) is 36.7. The second-order valence-corrected chi connectivity index (χ2v) is 18.3. The van der Waals surface area contributed by atoms with E-state index in [0.717, 1.165) is 86.4 Å². The predicted molar refractivity (Wildman–Crippen MR) is 220 cm³/mol. The van der Waals surface area contributed by atoms with Crippen molar-refractivity contribution in [2.45, 2.75) is 189 Å². The molecule has 3 fully saturated rings. The van der Waals surface area contributed by atoms with Gasteiger partial charge in [0, 0.05) is 12.8 Å². The number of carbonyl (C=O) groups is 1. The average molecular weight is 701 g/mol. The number of ether oxygens (including phenoxy) is 1. The Balaban J connectivity index is 1.14. The lowest BCUT2D eigenvalue weighted by atomic mass is 9.47. The number of carbonyl (C=O) groups excluding carboxylic acids is 1. The molecule has 4 aliphatic carbocycles. The Hall–Kier alpha value is -1.83. The molecule has 9 atom stereocenters. The van der Waals surface area contributed by atoms with E-state index in [2.05, 4.69) is 103 Å². The third-order valence-electron chi connectivity index (χ3n) is 14.8. The fourth-order valence-electron chi connectivity index (χ4n) is 11.6. The van der Waals surface area contributed by atoms with E-state index < -0.39 is 0 Å². The maximum Gasteiger partial charge on any atom is 0.306 e. The molecule has 4 aliphatic rings. The quantitative estimate of drug-likeness (QED) is 0.0677. The van der Waals surface area contributed by atoms with E-state index in [1.165, 1.54) is 83.5 Å². The van der Waals surface area contributed by atoms with Crippen LogP contribution in [-0.4, -0.2) is 12.1 Å². The second kappa shape index (κ2) is 21.2. The van der Waals surface area contributed by atoms with Crippen LogP contribution in [0, 0.1) is 52.3 Å². The zero-order valence-electron chi connectivity index (χ0n) is 34.5. The highest BCUT2D eigenvalue weighted by Crippen LogP contribution is 2.67. The molecule has 0 radical (unpaired) electrons. The third kappa shape index (κ3) is 11.6. The van der Waals surface area contributed by atoms with Gasteiger partial charge < -0.3 is 4.74 Å². The Kier molecular flexibility index (Phi) is 17.4. The van der Waals surface area contributed by atoms with Crippen LogP contribution in [0.25, 0.3) is 0 Å². The first kappa shape index (κ1) is 41.9. The van der Waals surface area contributed by atoms with Gasteiger partial charge in [-0.15, -0.1) is 0 Å². The molecule has 0 spiro atoms. The average Bonchev–Trinajstić information content (AvgIpc) is 3.47. The highest BCUT2D eigenvalue weighted by Gasteiger charge is 2.59. The Bertz CT molecular complexity index is 1180. The molecule has 0 amide bonds. The van der Waals surface area contributed by atoms with E-state index in [1.54, 1.807) is 5.57 Å². The van der Waals surface area contributed by atoms with E-state index in [9.17, 15) is 4.79 Å². The van der Waals surface area contributed by atoms with Crippen molar-refractivity contribution in [2.24, 2.45) is 52.3 Å². The monoisotopic (exact) mass is 701 g/mol. The summed E-state index contributed by atoms with van der Waals surface area (Å²) in [7, 11) is 0. The fraction of sp³-hybridized carbons (Fsp3) is 0.776. The zero-order valence-corrected chi connectivity index (χ0v) is 34.5. The van der Waals surface area contributed by atoms with Gasteiger partial charge in [0.2, 0.25) is 0 Å². The van der Waals surface area contributed by atoms with Gasteiger partial charge in [-0.05, 0) is 149 Å². The summed E-state index contributed by atoms with van der Waals surface area (Å²) < 4.78 is 6.11. The summed E-state index contributed by atoms with van der Waals surface area (Å²) in [6.07, 6.45) is 45.7. The van der Waals surface area contributed by atoms with Gasteiger partial charge in [0.1, 0.15) is 6.10 Å². The summed E-state index contributed by atoms with van der Waals surface area (Å²) in [5, 5.41) is 0. The Labute approximate surface area is 316 Å². The van der Waals surface area contributed by atoms with Gasteiger partial charge >= 0.3 is 5.97 Å². The molecule has 0 aromatic rings. The number of unbranched alkanes of at least 4 members (excludes halogenated alkanes) is 4. The molecular weight excluding hydrogens is 621 g/mol. The first-order chi connectivity index (χ1) is 24.6. The van der Waals surface area contributed by atoms with E-state index in [1.807, 2.05) is 0 Å². The number of allylic oxidation sites excluding steroid dienone is 9. The van der Waals surface area contributed by atoms with Crippen LogP contribution in [0.4, 0.5) is 0 Å². The van der Waals surface area contributed by atoms with E-state index >= 15 is 0 Å². The molecule has 0 heterocycles. The van der Waals surface area contributed by atoms with Crippen LogP contribution < -0.4 is 0 Å². The first-order valence-corrected chi connectivity index (χ1v) is 22.1. The maximum atomic E-state index is 12.8. The van der Waals surface area contributed by atoms with E-state index in [4.69, 9.17) is 4.74 Å². The van der Waals surface area contributed by atoms with Crippen molar-refractivity contribution in [3.05, 3.63) is 60.3 Å². The molecule has 288 valence electrons. The molecule has 2 nitrogen and oxygen atoms in total. The Morgan fingerprint density at radius 2 is 1.47 bits per heavy atom. The number of fused-ring (bicyclic) bond motifs is 5. The van der Waals surface area contributed by atoms with Gasteiger partial charge in [0.05, 0.1) is 0 Å². The van der Waals surface area contributed by atoms with Gasteiger partial charge in [0.15, 0.2) is 0 Å². The SMILES string of the molecule is CCCCC/C=C\C/C=C\C/C=C\C/C=C\CCCC(=O)OC1CCC2(C)C(=CCC3C2CCC2(C)C(C(C)CCC(CC)C(C)C)CCC32)C1. The maximum absolute atomic E-state index is 12.8. The Morgan fingerprint density at radius 3 is 2.12 bits per heavy atom. The summed E-state index contributed by atoms with van der Waals surface area (Å²) >= 11 is 0. The fourth-order valence-corrected chi connectivity index (χ4v) is 11.6. The van der Waals surface area contributed by atoms with Crippen molar-refractivity contribution in [1.82, 2.24) is 0 Å². The second-order valence-electron chi connectivity index (χ2n) is 18.3. The summed E-state index contributed by atoms with van der Waals surface area (Å²) in [6.45, 7) is 17.4.